The van der Waals surface area contributed by atoms with Gasteiger partial charge in [-0.1, -0.05) is 26.0 Å². The lowest BCUT2D eigenvalue weighted by molar-refractivity contribution is -0.140. The molecule has 2 unspecified atom stereocenters. The van der Waals surface area contributed by atoms with Gasteiger partial charge in [0.15, 0.2) is 0 Å². The third-order valence-electron chi connectivity index (χ3n) is 4.19. The first-order chi connectivity index (χ1) is 9.87. The zero-order chi connectivity index (χ0) is 15.6. The second-order valence-electron chi connectivity index (χ2n) is 6.13. The van der Waals surface area contributed by atoms with Gasteiger partial charge in [0.05, 0.1) is 11.8 Å². The summed E-state index contributed by atoms with van der Waals surface area (Å²) in [7, 11) is 0. The standard InChI is InChI=1S/C16H21NO4/c1-16(2)12(13(16)15(20)21)14(19)17-11-7-3-5-10(9-11)6-4-8-18/h3,5,7,9,12-13,18H,4,6,8H2,1-2H3,(H,17,19)(H,20,21). The van der Waals surface area contributed by atoms with E-state index in [9.17, 15) is 9.59 Å². The highest BCUT2D eigenvalue weighted by molar-refractivity contribution is 5.99. The van der Waals surface area contributed by atoms with Gasteiger partial charge in [0, 0.05) is 12.3 Å². The average molecular weight is 291 g/mol. The van der Waals surface area contributed by atoms with E-state index in [0.717, 1.165) is 12.0 Å². The Morgan fingerprint density at radius 3 is 2.57 bits per heavy atom. The summed E-state index contributed by atoms with van der Waals surface area (Å²) in [5.74, 6) is -2.27. The van der Waals surface area contributed by atoms with Crippen molar-refractivity contribution < 1.29 is 19.8 Å². The van der Waals surface area contributed by atoms with Crippen molar-refractivity contribution in [1.29, 1.82) is 0 Å². The van der Waals surface area contributed by atoms with Crippen molar-refractivity contribution in [2.45, 2.75) is 26.7 Å². The molecule has 5 nitrogen and oxygen atoms in total. The van der Waals surface area contributed by atoms with Gasteiger partial charge >= 0.3 is 5.97 Å². The molecule has 114 valence electrons. The number of anilines is 1. The summed E-state index contributed by atoms with van der Waals surface area (Å²) in [6.45, 7) is 3.73. The number of benzene rings is 1. The largest absolute Gasteiger partial charge is 0.481 e. The predicted octanol–water partition coefficient (Wildman–Crippen LogP) is 1.91. The van der Waals surface area contributed by atoms with Crippen LogP contribution >= 0.6 is 0 Å². The number of aliphatic hydroxyl groups excluding tert-OH is 1. The molecule has 0 bridgehead atoms. The number of carbonyl (C=O) groups excluding carboxylic acids is 1. The normalized spacial score (nSPS) is 22.6. The Balaban J connectivity index is 2.02. The molecule has 0 heterocycles. The van der Waals surface area contributed by atoms with Gasteiger partial charge < -0.3 is 15.5 Å². The lowest BCUT2D eigenvalue weighted by Gasteiger charge is -2.08. The van der Waals surface area contributed by atoms with Gasteiger partial charge in [0.25, 0.3) is 0 Å². The number of amides is 1. The van der Waals surface area contributed by atoms with Gasteiger partial charge in [0.1, 0.15) is 0 Å². The Bertz CT molecular complexity index is 553. The van der Waals surface area contributed by atoms with Crippen LogP contribution in [0.2, 0.25) is 0 Å². The van der Waals surface area contributed by atoms with Crippen LogP contribution in [-0.4, -0.2) is 28.7 Å². The van der Waals surface area contributed by atoms with E-state index in [1.165, 1.54) is 0 Å². The first kappa shape index (κ1) is 15.5. The fourth-order valence-electron chi connectivity index (χ4n) is 2.90. The number of aryl methyl sites for hydroxylation is 1. The monoisotopic (exact) mass is 291 g/mol. The number of carbonyl (C=O) groups is 2. The van der Waals surface area contributed by atoms with Gasteiger partial charge in [-0.25, -0.2) is 0 Å². The van der Waals surface area contributed by atoms with Crippen molar-refractivity contribution >= 4 is 17.6 Å². The molecule has 1 amide bonds. The SMILES string of the molecule is CC1(C)C(C(=O)O)C1C(=O)Nc1cccc(CCCO)c1. The van der Waals surface area contributed by atoms with E-state index in [1.807, 2.05) is 18.2 Å². The van der Waals surface area contributed by atoms with E-state index in [1.54, 1.807) is 19.9 Å². The van der Waals surface area contributed by atoms with Crippen LogP contribution in [0.1, 0.15) is 25.8 Å². The zero-order valence-corrected chi connectivity index (χ0v) is 12.3. The quantitative estimate of drug-likeness (QED) is 0.747. The first-order valence-electron chi connectivity index (χ1n) is 7.11. The molecule has 0 radical (unpaired) electrons. The second-order valence-corrected chi connectivity index (χ2v) is 6.13. The second kappa shape index (κ2) is 5.85. The highest BCUT2D eigenvalue weighted by atomic mass is 16.4. The Kier molecular flexibility index (Phi) is 4.32. The number of hydrogen-bond donors (Lipinski definition) is 3. The Labute approximate surface area is 124 Å². The Hall–Kier alpha value is -1.88. The van der Waals surface area contributed by atoms with Crippen molar-refractivity contribution in [2.24, 2.45) is 17.3 Å². The molecule has 1 saturated carbocycles. The molecule has 5 heteroatoms. The molecule has 2 atom stereocenters. The molecule has 1 aromatic carbocycles. The summed E-state index contributed by atoms with van der Waals surface area (Å²) < 4.78 is 0. The van der Waals surface area contributed by atoms with E-state index < -0.39 is 23.2 Å². The van der Waals surface area contributed by atoms with E-state index in [4.69, 9.17) is 10.2 Å². The van der Waals surface area contributed by atoms with Crippen LogP contribution in [0.3, 0.4) is 0 Å². The highest BCUT2D eigenvalue weighted by Crippen LogP contribution is 2.58. The minimum absolute atomic E-state index is 0.132. The molecule has 0 saturated heterocycles. The fraction of sp³-hybridized carbons (Fsp3) is 0.500. The molecule has 1 aliphatic rings. The van der Waals surface area contributed by atoms with Crippen LogP contribution in [-0.2, 0) is 16.0 Å². The summed E-state index contributed by atoms with van der Waals surface area (Å²) in [5, 5.41) is 20.7. The maximum Gasteiger partial charge on any atom is 0.307 e. The highest BCUT2D eigenvalue weighted by Gasteiger charge is 2.65. The summed E-state index contributed by atoms with van der Waals surface area (Å²) >= 11 is 0. The third-order valence-corrected chi connectivity index (χ3v) is 4.19. The minimum Gasteiger partial charge on any atom is -0.481 e. The topological polar surface area (TPSA) is 86.6 Å². The smallest absolute Gasteiger partial charge is 0.307 e. The molecule has 0 spiro atoms. The molecule has 1 fully saturated rings. The number of rotatable bonds is 6. The molecule has 1 aliphatic carbocycles. The number of aliphatic carboxylic acids is 1. The number of carboxylic acid groups (broad SMARTS) is 1. The molecule has 21 heavy (non-hydrogen) atoms. The van der Waals surface area contributed by atoms with Crippen LogP contribution in [0.15, 0.2) is 24.3 Å². The number of hydrogen-bond acceptors (Lipinski definition) is 3. The summed E-state index contributed by atoms with van der Waals surface area (Å²) in [4.78, 5) is 23.3. The van der Waals surface area contributed by atoms with Gasteiger partial charge in [-0.2, -0.15) is 0 Å². The van der Waals surface area contributed by atoms with Gasteiger partial charge in [0.2, 0.25) is 5.91 Å². The zero-order valence-electron chi connectivity index (χ0n) is 12.3. The van der Waals surface area contributed by atoms with E-state index in [0.29, 0.717) is 12.1 Å². The van der Waals surface area contributed by atoms with Crippen molar-refractivity contribution in [3.8, 4) is 0 Å². The molecular formula is C16H21NO4. The molecule has 2 rings (SSSR count). The molecule has 0 aliphatic heterocycles. The minimum atomic E-state index is -0.920. The van der Waals surface area contributed by atoms with Crippen molar-refractivity contribution in [3.63, 3.8) is 0 Å². The third kappa shape index (κ3) is 3.24. The van der Waals surface area contributed by atoms with Crippen molar-refractivity contribution in [2.75, 3.05) is 11.9 Å². The fourth-order valence-corrected chi connectivity index (χ4v) is 2.90. The lowest BCUT2D eigenvalue weighted by atomic mass is 10.1. The van der Waals surface area contributed by atoms with Crippen molar-refractivity contribution in [1.82, 2.24) is 0 Å². The predicted molar refractivity (Wildman–Crippen MR) is 78.9 cm³/mol. The maximum atomic E-state index is 12.2. The molecular weight excluding hydrogens is 270 g/mol. The Morgan fingerprint density at radius 2 is 2.00 bits per heavy atom. The summed E-state index contributed by atoms with van der Waals surface area (Å²) in [6.07, 6.45) is 1.42. The van der Waals surface area contributed by atoms with Crippen LogP contribution in [0.4, 0.5) is 5.69 Å². The maximum absolute atomic E-state index is 12.2. The van der Waals surface area contributed by atoms with Gasteiger partial charge in [-0.15, -0.1) is 0 Å². The lowest BCUT2D eigenvalue weighted by Crippen LogP contribution is -2.17. The number of carboxylic acids is 1. The molecule has 1 aromatic rings. The van der Waals surface area contributed by atoms with E-state index >= 15 is 0 Å². The van der Waals surface area contributed by atoms with Crippen LogP contribution < -0.4 is 5.32 Å². The van der Waals surface area contributed by atoms with Gasteiger partial charge in [-0.3, -0.25) is 9.59 Å². The molecule has 0 aromatic heterocycles. The van der Waals surface area contributed by atoms with E-state index in [2.05, 4.69) is 5.32 Å². The average Bonchev–Trinajstić information content (AvgIpc) is 3.00. The van der Waals surface area contributed by atoms with Gasteiger partial charge in [-0.05, 0) is 36.0 Å². The van der Waals surface area contributed by atoms with Crippen LogP contribution in [0.25, 0.3) is 0 Å². The summed E-state index contributed by atoms with van der Waals surface area (Å²) in [6, 6.07) is 7.42. The van der Waals surface area contributed by atoms with Crippen molar-refractivity contribution in [3.05, 3.63) is 29.8 Å². The molecule has 3 N–H and O–H groups in total. The van der Waals surface area contributed by atoms with E-state index in [-0.39, 0.29) is 12.5 Å². The van der Waals surface area contributed by atoms with Crippen LogP contribution in [0.5, 0.6) is 0 Å². The van der Waals surface area contributed by atoms with Crippen LogP contribution in [0, 0.1) is 17.3 Å². The number of aliphatic hydroxyl groups is 1. The number of nitrogens with one attached hydrogen (secondary N) is 1. The summed E-state index contributed by atoms with van der Waals surface area (Å²) in [5.41, 5.74) is 1.21. The Morgan fingerprint density at radius 1 is 1.29 bits per heavy atom. The first-order valence-corrected chi connectivity index (χ1v) is 7.11.